The van der Waals surface area contributed by atoms with E-state index in [0.29, 0.717) is 6.54 Å². The Bertz CT molecular complexity index is 205. The van der Waals surface area contributed by atoms with Crippen molar-refractivity contribution in [3.8, 4) is 0 Å². The van der Waals surface area contributed by atoms with Crippen LogP contribution < -0.4 is 0 Å². The molecule has 0 spiro atoms. The average molecular weight is 226 g/mol. The lowest BCUT2D eigenvalue weighted by Crippen LogP contribution is -1.83. The SMILES string of the molecule is CCCCCCCCCCN=C=O.N=C=O. The van der Waals surface area contributed by atoms with E-state index in [1.54, 1.807) is 6.08 Å². The smallest absolute Gasteiger partial charge is 0.222 e. The molecule has 0 radical (unpaired) electrons. The molecule has 0 aromatic carbocycles. The second kappa shape index (κ2) is 19.4. The van der Waals surface area contributed by atoms with Gasteiger partial charge in [-0.2, -0.15) is 0 Å². The normalized spacial score (nSPS) is 8.31. The third-order valence-electron chi connectivity index (χ3n) is 2.19. The summed E-state index contributed by atoms with van der Waals surface area (Å²) >= 11 is 0. The first-order valence-corrected chi connectivity index (χ1v) is 5.91. The number of nitrogens with one attached hydrogen (secondary N) is 1. The van der Waals surface area contributed by atoms with Gasteiger partial charge in [0.1, 0.15) is 0 Å². The van der Waals surface area contributed by atoms with Crippen LogP contribution in [0.15, 0.2) is 4.99 Å². The Hall–Kier alpha value is -1.24. The maximum Gasteiger partial charge on any atom is 0.234 e. The molecule has 0 unspecified atom stereocenters. The highest BCUT2D eigenvalue weighted by molar-refractivity contribution is 5.32. The third-order valence-corrected chi connectivity index (χ3v) is 2.19. The van der Waals surface area contributed by atoms with Crippen molar-refractivity contribution in [2.75, 3.05) is 6.54 Å². The first kappa shape index (κ1) is 17.2. The van der Waals surface area contributed by atoms with Gasteiger partial charge < -0.3 is 0 Å². The van der Waals surface area contributed by atoms with E-state index in [0.717, 1.165) is 12.5 Å². The molecule has 0 aliphatic heterocycles. The van der Waals surface area contributed by atoms with E-state index in [-0.39, 0.29) is 0 Å². The Labute approximate surface area is 97.7 Å². The van der Waals surface area contributed by atoms with Crippen LogP contribution in [0.4, 0.5) is 0 Å². The fourth-order valence-electron chi connectivity index (χ4n) is 1.37. The van der Waals surface area contributed by atoms with Crippen molar-refractivity contribution in [3.05, 3.63) is 0 Å². The molecule has 4 nitrogen and oxygen atoms in total. The fraction of sp³-hybridized carbons (Fsp3) is 0.833. The van der Waals surface area contributed by atoms with E-state index in [9.17, 15) is 4.79 Å². The Morgan fingerprint density at radius 3 is 1.81 bits per heavy atom. The lowest BCUT2D eigenvalue weighted by Gasteiger charge is -1.98. The van der Waals surface area contributed by atoms with Gasteiger partial charge in [0.2, 0.25) is 12.2 Å². The van der Waals surface area contributed by atoms with Crippen molar-refractivity contribution in [1.82, 2.24) is 0 Å². The van der Waals surface area contributed by atoms with Crippen LogP contribution >= 0.6 is 0 Å². The molecule has 0 saturated carbocycles. The number of nitrogens with zero attached hydrogens (tertiary/aromatic N) is 1. The molecule has 0 bridgehead atoms. The summed E-state index contributed by atoms with van der Waals surface area (Å²) in [5, 5.41) is 5.40. The van der Waals surface area contributed by atoms with Crippen LogP contribution in [0.3, 0.4) is 0 Å². The summed E-state index contributed by atoms with van der Waals surface area (Å²) in [6, 6.07) is 0. The van der Waals surface area contributed by atoms with E-state index < -0.39 is 0 Å². The molecule has 0 heterocycles. The number of aliphatic imine (C=N–C) groups is 1. The maximum atomic E-state index is 9.72. The van der Waals surface area contributed by atoms with Crippen LogP contribution in [0, 0.1) is 5.41 Å². The molecule has 0 atom stereocenters. The van der Waals surface area contributed by atoms with E-state index in [2.05, 4.69) is 11.9 Å². The van der Waals surface area contributed by atoms with Gasteiger partial charge >= 0.3 is 0 Å². The van der Waals surface area contributed by atoms with Crippen molar-refractivity contribution in [2.24, 2.45) is 4.99 Å². The standard InChI is InChI=1S/C11H21NO.CHNO/c1-2-3-4-5-6-7-8-9-10-12-11-13;2-1-3/h2-10H2,1H3;2H. The molecule has 0 aromatic heterocycles. The van der Waals surface area contributed by atoms with Gasteiger partial charge in [-0.15, -0.1) is 0 Å². The Balaban J connectivity index is 0. The fourth-order valence-corrected chi connectivity index (χ4v) is 1.37. The first-order valence-electron chi connectivity index (χ1n) is 5.91. The second-order valence-corrected chi connectivity index (χ2v) is 3.55. The number of hydrogen-bond donors (Lipinski definition) is 1. The highest BCUT2D eigenvalue weighted by atomic mass is 16.1. The molecule has 0 saturated heterocycles. The average Bonchev–Trinajstić information content (AvgIpc) is 2.28. The zero-order chi connectivity index (χ0) is 12.5. The largest absolute Gasteiger partial charge is 0.234 e. The van der Waals surface area contributed by atoms with Gasteiger partial charge in [0, 0.05) is 0 Å². The van der Waals surface area contributed by atoms with Crippen LogP contribution in [0.25, 0.3) is 0 Å². The second-order valence-electron chi connectivity index (χ2n) is 3.55. The quantitative estimate of drug-likeness (QED) is 0.372. The van der Waals surface area contributed by atoms with Gasteiger partial charge in [-0.05, 0) is 6.42 Å². The van der Waals surface area contributed by atoms with Crippen molar-refractivity contribution in [1.29, 1.82) is 5.41 Å². The van der Waals surface area contributed by atoms with Crippen molar-refractivity contribution >= 4 is 12.2 Å². The van der Waals surface area contributed by atoms with Crippen LogP contribution in [-0.2, 0) is 9.59 Å². The highest BCUT2D eigenvalue weighted by Crippen LogP contribution is 2.07. The number of carbonyl (C=O) groups excluding carboxylic acids is 2. The van der Waals surface area contributed by atoms with Gasteiger partial charge in [0.25, 0.3) is 0 Å². The minimum Gasteiger partial charge on any atom is -0.222 e. The van der Waals surface area contributed by atoms with E-state index >= 15 is 0 Å². The zero-order valence-electron chi connectivity index (χ0n) is 10.1. The maximum absolute atomic E-state index is 9.72. The molecular formula is C12H22N2O2. The highest BCUT2D eigenvalue weighted by Gasteiger charge is 1.90. The van der Waals surface area contributed by atoms with Crippen LogP contribution in [-0.4, -0.2) is 18.7 Å². The monoisotopic (exact) mass is 226 g/mol. The topological polar surface area (TPSA) is 70.3 Å². The molecule has 0 aliphatic carbocycles. The number of hydrogen-bond acceptors (Lipinski definition) is 4. The molecule has 92 valence electrons. The predicted molar refractivity (Wildman–Crippen MR) is 64.0 cm³/mol. The predicted octanol–water partition coefficient (Wildman–Crippen LogP) is 3.36. The van der Waals surface area contributed by atoms with Crippen molar-refractivity contribution in [3.63, 3.8) is 0 Å². The lowest BCUT2D eigenvalue weighted by atomic mass is 10.1. The minimum atomic E-state index is 0.665. The van der Waals surface area contributed by atoms with Gasteiger partial charge in [0.05, 0.1) is 6.54 Å². The van der Waals surface area contributed by atoms with Crippen molar-refractivity contribution in [2.45, 2.75) is 58.3 Å². The third kappa shape index (κ3) is 23.0. The molecule has 16 heavy (non-hydrogen) atoms. The van der Waals surface area contributed by atoms with Gasteiger partial charge in [0.15, 0.2) is 0 Å². The van der Waals surface area contributed by atoms with Crippen LogP contribution in [0.1, 0.15) is 58.3 Å². The molecule has 0 amide bonds. The Morgan fingerprint density at radius 2 is 1.38 bits per heavy atom. The summed E-state index contributed by atoms with van der Waals surface area (Å²) in [6.07, 6.45) is 12.6. The van der Waals surface area contributed by atoms with Crippen LogP contribution in [0.5, 0.6) is 0 Å². The van der Waals surface area contributed by atoms with E-state index in [1.165, 1.54) is 44.9 Å². The van der Waals surface area contributed by atoms with Gasteiger partial charge in [-0.1, -0.05) is 51.9 Å². The summed E-state index contributed by atoms with van der Waals surface area (Å²) in [5.41, 5.74) is 0. The zero-order valence-corrected chi connectivity index (χ0v) is 10.1. The van der Waals surface area contributed by atoms with Gasteiger partial charge in [-0.3, -0.25) is 0 Å². The number of unbranched alkanes of at least 4 members (excludes halogenated alkanes) is 7. The number of rotatable bonds is 9. The summed E-state index contributed by atoms with van der Waals surface area (Å²) in [4.78, 5) is 21.6. The summed E-state index contributed by atoms with van der Waals surface area (Å²) in [6.45, 7) is 2.90. The van der Waals surface area contributed by atoms with Crippen LogP contribution in [0.2, 0.25) is 0 Å². The minimum absolute atomic E-state index is 0.665. The summed E-state index contributed by atoms with van der Waals surface area (Å²) in [5.74, 6) is 0. The van der Waals surface area contributed by atoms with Crippen molar-refractivity contribution < 1.29 is 9.59 Å². The molecule has 0 aliphatic rings. The summed E-state index contributed by atoms with van der Waals surface area (Å²) in [7, 11) is 0. The first-order chi connectivity index (χ1) is 7.83. The molecule has 1 N–H and O–H groups in total. The lowest BCUT2D eigenvalue weighted by molar-refractivity contribution is 0.558. The molecule has 0 fully saturated rings. The summed E-state index contributed by atoms with van der Waals surface area (Å²) < 4.78 is 0. The van der Waals surface area contributed by atoms with E-state index in [1.807, 2.05) is 0 Å². The van der Waals surface area contributed by atoms with Gasteiger partial charge in [-0.25, -0.2) is 20.0 Å². The molecular weight excluding hydrogens is 204 g/mol. The molecule has 4 heteroatoms. The number of isocyanates is 2. The molecule has 0 aromatic rings. The Kier molecular flexibility index (Phi) is 20.8. The molecule has 0 rings (SSSR count). The Morgan fingerprint density at radius 1 is 0.938 bits per heavy atom. The van der Waals surface area contributed by atoms with E-state index in [4.69, 9.17) is 10.2 Å².